The number of aryl methyl sites for hydroxylation is 1. The summed E-state index contributed by atoms with van der Waals surface area (Å²) in [5.74, 6) is 0.258. The number of carbonyl (C=O) groups is 1. The molecule has 0 bridgehead atoms. The Morgan fingerprint density at radius 2 is 1.78 bits per heavy atom. The summed E-state index contributed by atoms with van der Waals surface area (Å²) in [5, 5.41) is 0. The number of piperazine rings is 1. The molecule has 0 spiro atoms. The van der Waals surface area contributed by atoms with E-state index < -0.39 is 11.9 Å². The fourth-order valence-electron chi connectivity index (χ4n) is 2.99. The summed E-state index contributed by atoms with van der Waals surface area (Å²) in [6.45, 7) is 3.12. The Balaban J connectivity index is 1.72. The van der Waals surface area contributed by atoms with Crippen LogP contribution in [0.1, 0.15) is 21.9 Å². The Hall–Kier alpha value is -2.29. The summed E-state index contributed by atoms with van der Waals surface area (Å²) < 4.78 is 38.9. The summed E-state index contributed by atoms with van der Waals surface area (Å²) in [6, 6.07) is 8.37. The van der Waals surface area contributed by atoms with Crippen LogP contribution in [0, 0.1) is 6.92 Å². The zero-order chi connectivity index (χ0) is 19.6. The number of thioether (sulfide) groups is 1. The molecule has 0 saturated carbocycles. The second kappa shape index (κ2) is 7.75. The third kappa shape index (κ3) is 4.35. The molecule has 2 heterocycles. The lowest BCUT2D eigenvalue weighted by atomic mass is 10.1. The number of nitrogens with zero attached hydrogens (tertiary/aromatic N) is 4. The van der Waals surface area contributed by atoms with E-state index in [1.165, 1.54) is 18.7 Å². The van der Waals surface area contributed by atoms with Crippen LogP contribution in [0.5, 0.6) is 0 Å². The zero-order valence-corrected chi connectivity index (χ0v) is 15.8. The van der Waals surface area contributed by atoms with Gasteiger partial charge in [0, 0.05) is 37.1 Å². The van der Waals surface area contributed by atoms with Gasteiger partial charge in [0.25, 0.3) is 5.91 Å². The SMILES string of the molecule is CSc1ccccc1C(=O)N1CCN(c2cc(C(F)(F)F)nc(C)n2)CC1. The number of aromatic nitrogens is 2. The van der Waals surface area contributed by atoms with Crippen LogP contribution in [0.3, 0.4) is 0 Å². The van der Waals surface area contributed by atoms with Gasteiger partial charge in [0.1, 0.15) is 17.3 Å². The minimum atomic E-state index is -4.51. The van der Waals surface area contributed by atoms with Gasteiger partial charge in [-0.05, 0) is 25.3 Å². The average Bonchev–Trinajstić information content (AvgIpc) is 2.66. The molecule has 0 unspecified atom stereocenters. The van der Waals surface area contributed by atoms with Crippen molar-refractivity contribution in [3.8, 4) is 0 Å². The lowest BCUT2D eigenvalue weighted by molar-refractivity contribution is -0.141. The van der Waals surface area contributed by atoms with Crippen LogP contribution >= 0.6 is 11.8 Å². The fraction of sp³-hybridized carbons (Fsp3) is 0.389. The molecule has 2 aromatic rings. The number of hydrogen-bond acceptors (Lipinski definition) is 5. The molecule has 144 valence electrons. The molecule has 1 aliphatic heterocycles. The first-order chi connectivity index (χ1) is 12.8. The first kappa shape index (κ1) is 19.5. The maximum absolute atomic E-state index is 13.0. The molecule has 1 amide bonds. The molecule has 0 N–H and O–H groups in total. The van der Waals surface area contributed by atoms with E-state index in [2.05, 4.69) is 9.97 Å². The molecule has 9 heteroatoms. The standard InChI is InChI=1S/C18H19F3N4OS/c1-12-22-15(18(19,20)21)11-16(23-12)24-7-9-25(10-8-24)17(26)13-5-3-4-6-14(13)27-2/h3-6,11H,7-10H2,1-2H3. The second-order valence-electron chi connectivity index (χ2n) is 6.14. The second-order valence-corrected chi connectivity index (χ2v) is 6.98. The molecular weight excluding hydrogens is 377 g/mol. The maximum atomic E-state index is 13.0. The average molecular weight is 396 g/mol. The maximum Gasteiger partial charge on any atom is 0.433 e. The van der Waals surface area contributed by atoms with E-state index in [9.17, 15) is 18.0 Å². The van der Waals surface area contributed by atoms with Gasteiger partial charge in [0.05, 0.1) is 5.56 Å². The van der Waals surface area contributed by atoms with Crippen LogP contribution in [0.4, 0.5) is 19.0 Å². The Labute approximate surface area is 159 Å². The van der Waals surface area contributed by atoms with E-state index >= 15 is 0 Å². The highest BCUT2D eigenvalue weighted by atomic mass is 32.2. The summed E-state index contributed by atoms with van der Waals surface area (Å²) >= 11 is 1.51. The third-order valence-electron chi connectivity index (χ3n) is 4.34. The first-order valence-corrected chi connectivity index (χ1v) is 9.62. The number of amides is 1. The van der Waals surface area contributed by atoms with Crippen LogP contribution in [0.2, 0.25) is 0 Å². The van der Waals surface area contributed by atoms with Crippen molar-refractivity contribution in [2.75, 3.05) is 37.3 Å². The van der Waals surface area contributed by atoms with E-state index in [1.54, 1.807) is 15.9 Å². The van der Waals surface area contributed by atoms with Gasteiger partial charge in [-0.2, -0.15) is 13.2 Å². The Morgan fingerprint density at radius 1 is 1.11 bits per heavy atom. The molecule has 27 heavy (non-hydrogen) atoms. The van der Waals surface area contributed by atoms with Gasteiger partial charge in [0.2, 0.25) is 0 Å². The number of anilines is 1. The molecule has 1 aromatic heterocycles. The van der Waals surface area contributed by atoms with E-state index in [-0.39, 0.29) is 17.5 Å². The van der Waals surface area contributed by atoms with Crippen LogP contribution in [0.15, 0.2) is 35.2 Å². The monoisotopic (exact) mass is 396 g/mol. The number of alkyl halides is 3. The summed E-state index contributed by atoms with van der Waals surface area (Å²) in [6.07, 6.45) is -2.60. The highest BCUT2D eigenvalue weighted by Gasteiger charge is 2.34. The lowest BCUT2D eigenvalue weighted by Gasteiger charge is -2.35. The quantitative estimate of drug-likeness (QED) is 0.744. The largest absolute Gasteiger partial charge is 0.433 e. The first-order valence-electron chi connectivity index (χ1n) is 8.39. The number of carbonyl (C=O) groups excluding carboxylic acids is 1. The summed E-state index contributed by atoms with van der Waals surface area (Å²) in [7, 11) is 0. The van der Waals surface area contributed by atoms with Gasteiger partial charge in [-0.3, -0.25) is 4.79 Å². The minimum Gasteiger partial charge on any atom is -0.353 e. The van der Waals surface area contributed by atoms with Gasteiger partial charge < -0.3 is 9.80 Å². The highest BCUT2D eigenvalue weighted by molar-refractivity contribution is 7.98. The van der Waals surface area contributed by atoms with Crippen molar-refractivity contribution >= 4 is 23.5 Å². The van der Waals surface area contributed by atoms with Crippen molar-refractivity contribution in [1.29, 1.82) is 0 Å². The van der Waals surface area contributed by atoms with E-state index in [4.69, 9.17) is 0 Å². The predicted molar refractivity (Wildman–Crippen MR) is 98.1 cm³/mol. The summed E-state index contributed by atoms with van der Waals surface area (Å²) in [5.41, 5.74) is -0.298. The van der Waals surface area contributed by atoms with Crippen LogP contribution in [0.25, 0.3) is 0 Å². The van der Waals surface area contributed by atoms with E-state index in [0.29, 0.717) is 31.7 Å². The topological polar surface area (TPSA) is 49.3 Å². The molecule has 3 rings (SSSR count). The molecule has 1 aliphatic rings. The van der Waals surface area contributed by atoms with Crippen molar-refractivity contribution in [2.24, 2.45) is 0 Å². The molecule has 1 aromatic carbocycles. The number of benzene rings is 1. The number of hydrogen-bond donors (Lipinski definition) is 0. The minimum absolute atomic E-state index is 0.0607. The van der Waals surface area contributed by atoms with Crippen molar-refractivity contribution < 1.29 is 18.0 Å². The predicted octanol–water partition coefficient (Wildman–Crippen LogP) is 3.49. The van der Waals surface area contributed by atoms with Crippen molar-refractivity contribution in [2.45, 2.75) is 18.0 Å². The molecule has 1 fully saturated rings. The molecule has 0 atom stereocenters. The molecule has 0 radical (unpaired) electrons. The highest BCUT2D eigenvalue weighted by Crippen LogP contribution is 2.30. The Bertz CT molecular complexity index is 836. The molecule has 5 nitrogen and oxygen atoms in total. The lowest BCUT2D eigenvalue weighted by Crippen LogP contribution is -2.49. The molecular formula is C18H19F3N4OS. The van der Waals surface area contributed by atoms with Crippen LogP contribution in [-0.2, 0) is 6.18 Å². The van der Waals surface area contributed by atoms with Gasteiger partial charge in [-0.15, -0.1) is 11.8 Å². The third-order valence-corrected chi connectivity index (χ3v) is 5.14. The number of halogens is 3. The van der Waals surface area contributed by atoms with Crippen LogP contribution < -0.4 is 4.90 Å². The van der Waals surface area contributed by atoms with E-state index in [0.717, 1.165) is 11.0 Å². The van der Waals surface area contributed by atoms with Gasteiger partial charge in [0.15, 0.2) is 0 Å². The van der Waals surface area contributed by atoms with Gasteiger partial charge in [-0.25, -0.2) is 9.97 Å². The smallest absolute Gasteiger partial charge is 0.353 e. The van der Waals surface area contributed by atoms with Crippen LogP contribution in [-0.4, -0.2) is 53.2 Å². The van der Waals surface area contributed by atoms with Crippen molar-refractivity contribution in [1.82, 2.24) is 14.9 Å². The van der Waals surface area contributed by atoms with Gasteiger partial charge in [-0.1, -0.05) is 12.1 Å². The van der Waals surface area contributed by atoms with Crippen molar-refractivity contribution in [3.63, 3.8) is 0 Å². The Morgan fingerprint density at radius 3 is 2.41 bits per heavy atom. The van der Waals surface area contributed by atoms with E-state index in [1.807, 2.05) is 24.5 Å². The molecule has 1 saturated heterocycles. The fourth-order valence-corrected chi connectivity index (χ4v) is 3.58. The Kier molecular flexibility index (Phi) is 5.59. The van der Waals surface area contributed by atoms with Crippen molar-refractivity contribution in [3.05, 3.63) is 47.4 Å². The van der Waals surface area contributed by atoms with Gasteiger partial charge >= 0.3 is 6.18 Å². The molecule has 0 aliphatic carbocycles. The summed E-state index contributed by atoms with van der Waals surface area (Å²) in [4.78, 5) is 24.8. The number of rotatable bonds is 3. The normalized spacial score (nSPS) is 15.1. The zero-order valence-electron chi connectivity index (χ0n) is 15.0.